The van der Waals surface area contributed by atoms with E-state index in [2.05, 4.69) is 37.3 Å². The van der Waals surface area contributed by atoms with E-state index < -0.39 is 6.08 Å². The summed E-state index contributed by atoms with van der Waals surface area (Å²) in [6, 6.07) is 10.2. The van der Waals surface area contributed by atoms with Gasteiger partial charge in [-0.1, -0.05) is 87.6 Å². The molecule has 1 atom stereocenters. The molecule has 0 aliphatic heterocycles. The molecule has 0 bridgehead atoms. The first kappa shape index (κ1) is 18.6. The third-order valence-corrected chi connectivity index (χ3v) is 4.89. The van der Waals surface area contributed by atoms with Crippen LogP contribution in [0.3, 0.4) is 0 Å². The van der Waals surface area contributed by atoms with E-state index in [1.54, 1.807) is 0 Å². The normalized spacial score (nSPS) is 19.9. The monoisotopic (exact) mass is 330 g/mol. The van der Waals surface area contributed by atoms with E-state index in [1.807, 2.05) is 18.2 Å². The molecule has 0 N–H and O–H groups in total. The minimum absolute atomic E-state index is 0.145. The number of hydrogen-bond donors (Lipinski definition) is 0. The van der Waals surface area contributed by atoms with Crippen LogP contribution in [-0.2, 0) is 0 Å². The lowest BCUT2D eigenvalue weighted by atomic mass is 9.73. The van der Waals surface area contributed by atoms with Gasteiger partial charge in [0.2, 0.25) is 0 Å². The molecule has 1 aromatic carbocycles. The molecule has 0 saturated carbocycles. The summed E-state index contributed by atoms with van der Waals surface area (Å²) in [6.45, 7) is 2.20. The Morgan fingerprint density at radius 3 is 2.46 bits per heavy atom. The van der Waals surface area contributed by atoms with Crippen molar-refractivity contribution in [3.05, 3.63) is 66.3 Å². The van der Waals surface area contributed by atoms with Gasteiger partial charge in [-0.15, -0.1) is 0 Å². The van der Waals surface area contributed by atoms with Gasteiger partial charge in [0.15, 0.2) is 0 Å². The average Bonchev–Trinajstić information content (AvgIpc) is 2.61. The van der Waals surface area contributed by atoms with E-state index in [1.165, 1.54) is 36.8 Å². The Labute approximate surface area is 145 Å². The van der Waals surface area contributed by atoms with Crippen molar-refractivity contribution in [1.29, 1.82) is 0 Å². The van der Waals surface area contributed by atoms with Crippen LogP contribution in [-0.4, -0.2) is 0 Å². The van der Waals surface area contributed by atoms with E-state index in [-0.39, 0.29) is 5.41 Å². The summed E-state index contributed by atoms with van der Waals surface area (Å²) < 4.78 is 25.2. The molecular formula is C22H28F2. The van der Waals surface area contributed by atoms with Gasteiger partial charge in [-0.3, -0.25) is 0 Å². The Morgan fingerprint density at radius 2 is 1.83 bits per heavy atom. The van der Waals surface area contributed by atoms with Gasteiger partial charge in [0, 0.05) is 0 Å². The fourth-order valence-electron chi connectivity index (χ4n) is 3.36. The average molecular weight is 330 g/mol. The topological polar surface area (TPSA) is 0 Å². The molecule has 0 fully saturated rings. The third kappa shape index (κ3) is 5.74. The summed E-state index contributed by atoms with van der Waals surface area (Å²) in [5.41, 5.74) is 2.24. The van der Waals surface area contributed by atoms with E-state index in [0.717, 1.165) is 25.3 Å². The maximum absolute atomic E-state index is 12.6. The highest BCUT2D eigenvalue weighted by Crippen LogP contribution is 2.41. The van der Waals surface area contributed by atoms with Gasteiger partial charge in [0.05, 0.1) is 0 Å². The molecule has 130 valence electrons. The Kier molecular flexibility index (Phi) is 7.42. The standard InChI is InChI=1S/C22H28F2/c1-2-3-4-5-9-15-22(18-14-21(23)24)16-12-20(13-17-22)19-10-7-6-8-11-19/h6-8,10-14,16H,2-5,9,15,17-18H2,1H3. The molecule has 0 amide bonds. The van der Waals surface area contributed by atoms with Crippen LogP contribution in [0.25, 0.3) is 5.57 Å². The Morgan fingerprint density at radius 1 is 1.08 bits per heavy atom. The summed E-state index contributed by atoms with van der Waals surface area (Å²) in [5, 5.41) is 0. The highest BCUT2D eigenvalue weighted by molar-refractivity contribution is 5.75. The third-order valence-electron chi connectivity index (χ3n) is 4.89. The van der Waals surface area contributed by atoms with Crippen LogP contribution in [0.5, 0.6) is 0 Å². The van der Waals surface area contributed by atoms with Crippen LogP contribution >= 0.6 is 0 Å². The van der Waals surface area contributed by atoms with E-state index in [9.17, 15) is 8.78 Å². The number of unbranched alkanes of at least 4 members (excludes halogenated alkanes) is 4. The van der Waals surface area contributed by atoms with Crippen LogP contribution in [0.1, 0.15) is 63.9 Å². The zero-order valence-electron chi connectivity index (χ0n) is 14.6. The molecule has 0 spiro atoms. The lowest BCUT2D eigenvalue weighted by molar-refractivity contribution is 0.328. The first-order valence-corrected chi connectivity index (χ1v) is 9.11. The molecule has 0 heterocycles. The molecule has 1 aliphatic carbocycles. The number of halogens is 2. The first-order chi connectivity index (χ1) is 11.7. The summed E-state index contributed by atoms with van der Waals surface area (Å²) in [7, 11) is 0. The van der Waals surface area contributed by atoms with Crippen molar-refractivity contribution in [3.8, 4) is 0 Å². The maximum Gasteiger partial charge on any atom is 0.266 e. The van der Waals surface area contributed by atoms with Crippen molar-refractivity contribution in [1.82, 2.24) is 0 Å². The van der Waals surface area contributed by atoms with Crippen LogP contribution in [0.4, 0.5) is 8.78 Å². The van der Waals surface area contributed by atoms with Crippen LogP contribution < -0.4 is 0 Å². The second-order valence-electron chi connectivity index (χ2n) is 6.79. The van der Waals surface area contributed by atoms with Gasteiger partial charge in [-0.05, 0) is 41.9 Å². The van der Waals surface area contributed by atoms with Crippen molar-refractivity contribution in [2.45, 2.75) is 58.3 Å². The second-order valence-corrected chi connectivity index (χ2v) is 6.79. The number of rotatable bonds is 9. The summed E-state index contributed by atoms with van der Waals surface area (Å²) in [6.07, 6.45) is 14.3. The predicted molar refractivity (Wildman–Crippen MR) is 98.9 cm³/mol. The van der Waals surface area contributed by atoms with E-state index >= 15 is 0 Å². The van der Waals surface area contributed by atoms with Crippen molar-refractivity contribution in [2.24, 2.45) is 5.41 Å². The number of hydrogen-bond acceptors (Lipinski definition) is 0. The number of allylic oxidation sites excluding steroid dienone is 5. The Bertz CT molecular complexity index is 579. The largest absolute Gasteiger partial charge is 0.266 e. The minimum Gasteiger partial charge on any atom is -0.174 e. The predicted octanol–water partition coefficient (Wildman–Crippen LogP) is 7.55. The Balaban J connectivity index is 2.02. The highest BCUT2D eigenvalue weighted by Gasteiger charge is 2.27. The van der Waals surface area contributed by atoms with E-state index in [4.69, 9.17) is 0 Å². The van der Waals surface area contributed by atoms with Gasteiger partial charge in [-0.25, -0.2) is 0 Å². The van der Waals surface area contributed by atoms with Gasteiger partial charge in [0.1, 0.15) is 0 Å². The van der Waals surface area contributed by atoms with Crippen LogP contribution in [0, 0.1) is 5.41 Å². The fraction of sp³-hybridized carbons (Fsp3) is 0.455. The smallest absolute Gasteiger partial charge is 0.174 e. The molecule has 0 aromatic heterocycles. The quantitative estimate of drug-likeness (QED) is 0.410. The van der Waals surface area contributed by atoms with Gasteiger partial charge < -0.3 is 0 Å². The SMILES string of the molecule is CCCCCCCC1(CC=C(F)F)C=CC(c2ccccc2)=CC1. The van der Waals surface area contributed by atoms with Crippen molar-refractivity contribution < 1.29 is 8.78 Å². The molecular weight excluding hydrogens is 302 g/mol. The van der Waals surface area contributed by atoms with Crippen LogP contribution in [0.2, 0.25) is 0 Å². The molecule has 24 heavy (non-hydrogen) atoms. The minimum atomic E-state index is -1.56. The number of benzene rings is 1. The summed E-state index contributed by atoms with van der Waals surface area (Å²) in [4.78, 5) is 0. The van der Waals surface area contributed by atoms with Gasteiger partial charge in [-0.2, -0.15) is 8.78 Å². The molecule has 2 heteroatoms. The summed E-state index contributed by atoms with van der Waals surface area (Å²) >= 11 is 0. The second kappa shape index (κ2) is 9.56. The lowest BCUT2D eigenvalue weighted by Crippen LogP contribution is -2.19. The molecule has 1 aliphatic rings. The van der Waals surface area contributed by atoms with Crippen molar-refractivity contribution in [2.75, 3.05) is 0 Å². The fourth-order valence-corrected chi connectivity index (χ4v) is 3.36. The Hall–Kier alpha value is -1.70. The zero-order chi connectivity index (χ0) is 17.3. The van der Waals surface area contributed by atoms with Gasteiger partial charge in [0.25, 0.3) is 6.08 Å². The highest BCUT2D eigenvalue weighted by atomic mass is 19.3. The lowest BCUT2D eigenvalue weighted by Gasteiger charge is -2.31. The van der Waals surface area contributed by atoms with E-state index in [0.29, 0.717) is 6.42 Å². The molecule has 1 unspecified atom stereocenters. The zero-order valence-corrected chi connectivity index (χ0v) is 14.6. The molecule has 2 rings (SSSR count). The maximum atomic E-state index is 12.6. The van der Waals surface area contributed by atoms with Gasteiger partial charge >= 0.3 is 0 Å². The molecule has 0 radical (unpaired) electrons. The molecule has 0 nitrogen and oxygen atoms in total. The van der Waals surface area contributed by atoms with Crippen molar-refractivity contribution in [3.63, 3.8) is 0 Å². The van der Waals surface area contributed by atoms with Crippen LogP contribution in [0.15, 0.2) is 60.7 Å². The summed E-state index contributed by atoms with van der Waals surface area (Å²) in [5.74, 6) is 0. The molecule has 1 aromatic rings. The van der Waals surface area contributed by atoms with Crippen molar-refractivity contribution >= 4 is 5.57 Å². The molecule has 0 saturated heterocycles. The first-order valence-electron chi connectivity index (χ1n) is 9.11.